The molecule has 0 aliphatic heterocycles. The molecular weight excluding hydrogens is 264 g/mol. The van der Waals surface area contributed by atoms with Crippen molar-refractivity contribution in [1.29, 1.82) is 0 Å². The van der Waals surface area contributed by atoms with Crippen LogP contribution in [0.4, 0.5) is 0 Å². The van der Waals surface area contributed by atoms with Gasteiger partial charge in [0.1, 0.15) is 0 Å². The predicted octanol–water partition coefficient (Wildman–Crippen LogP) is 8.73. The van der Waals surface area contributed by atoms with E-state index in [1.807, 2.05) is 67.5 Å². The quantitative estimate of drug-likeness (QED) is 0.494. The van der Waals surface area contributed by atoms with Crippen LogP contribution in [0.5, 0.6) is 0 Å². The van der Waals surface area contributed by atoms with Crippen LogP contribution in [-0.2, 0) is 0 Å². The molecule has 0 spiro atoms. The Bertz CT molecular complexity index is 297. The Balaban J connectivity index is -0.0000000850. The third kappa shape index (κ3) is 16.5. The van der Waals surface area contributed by atoms with E-state index < -0.39 is 0 Å². The van der Waals surface area contributed by atoms with Crippen LogP contribution in [0.25, 0.3) is 11.1 Å². The minimum absolute atomic E-state index is 0. The zero-order valence-electron chi connectivity index (χ0n) is 14.8. The third-order valence-corrected chi connectivity index (χ3v) is 1.88. The fourth-order valence-electron chi connectivity index (χ4n) is 1.26. The number of hydrogen-bond acceptors (Lipinski definition) is 0. The average molecular weight is 307 g/mol. The van der Waals surface area contributed by atoms with Crippen LogP contribution in [0.2, 0.25) is 0 Å². The highest BCUT2D eigenvalue weighted by Crippen LogP contribution is 2.17. The maximum Gasteiger partial charge on any atom is -0.0184 e. The van der Waals surface area contributed by atoms with Gasteiger partial charge in [-0.25, -0.2) is 0 Å². The van der Waals surface area contributed by atoms with Gasteiger partial charge in [0.15, 0.2) is 0 Å². The van der Waals surface area contributed by atoms with E-state index >= 15 is 0 Å². The fourth-order valence-corrected chi connectivity index (χ4v) is 1.26. The van der Waals surface area contributed by atoms with Gasteiger partial charge in [-0.3, -0.25) is 0 Å². The number of hydrogen-bond donors (Lipinski definition) is 0. The molecule has 0 atom stereocenters. The zero-order valence-corrected chi connectivity index (χ0v) is 14.8. The van der Waals surface area contributed by atoms with Crippen LogP contribution in [-0.4, -0.2) is 0 Å². The molecule has 0 nitrogen and oxygen atoms in total. The standard InChI is InChI=1S/C12H10.4C2H6.2CH4/c1-3-7-11(8-4-1)12-9-5-2-6-10-12;4*1-2;;/h1-10H;4*1-2H3;2*1H4. The summed E-state index contributed by atoms with van der Waals surface area (Å²) in [6.07, 6.45) is 0. The second-order valence-electron chi connectivity index (χ2n) is 2.73. The summed E-state index contributed by atoms with van der Waals surface area (Å²) in [7, 11) is 0. The highest BCUT2D eigenvalue weighted by atomic mass is 14.0. The van der Waals surface area contributed by atoms with Gasteiger partial charge in [-0.2, -0.15) is 0 Å². The maximum atomic E-state index is 2.12. The van der Waals surface area contributed by atoms with Crippen molar-refractivity contribution in [2.75, 3.05) is 0 Å². The summed E-state index contributed by atoms with van der Waals surface area (Å²) in [4.78, 5) is 0. The molecule has 2 aromatic carbocycles. The summed E-state index contributed by atoms with van der Waals surface area (Å²) in [6.45, 7) is 16.0. The Labute approximate surface area is 142 Å². The topological polar surface area (TPSA) is 0 Å². The van der Waals surface area contributed by atoms with Gasteiger partial charge < -0.3 is 0 Å². The van der Waals surface area contributed by atoms with E-state index in [1.54, 1.807) is 0 Å². The Morgan fingerprint density at radius 1 is 0.364 bits per heavy atom. The molecule has 0 radical (unpaired) electrons. The number of benzene rings is 2. The Kier molecular flexibility index (Phi) is 46.7. The van der Waals surface area contributed by atoms with Crippen LogP contribution in [0.15, 0.2) is 60.7 Å². The molecule has 22 heavy (non-hydrogen) atoms. The first kappa shape index (κ1) is 32.4. The van der Waals surface area contributed by atoms with Gasteiger partial charge in [0.2, 0.25) is 0 Å². The van der Waals surface area contributed by atoms with Gasteiger partial charge in [0.25, 0.3) is 0 Å². The van der Waals surface area contributed by atoms with Crippen molar-refractivity contribution in [3.8, 4) is 11.1 Å². The molecule has 0 bridgehead atoms. The first-order valence-corrected chi connectivity index (χ1v) is 8.07. The lowest BCUT2D eigenvalue weighted by Gasteiger charge is -1.98. The molecule has 0 N–H and O–H groups in total. The second-order valence-corrected chi connectivity index (χ2v) is 2.73. The fraction of sp³-hybridized carbons (Fsp3) is 0.455. The first-order valence-electron chi connectivity index (χ1n) is 8.07. The lowest BCUT2D eigenvalue weighted by molar-refractivity contribution is 1.50. The minimum atomic E-state index is 0. The van der Waals surface area contributed by atoms with Crippen molar-refractivity contribution in [1.82, 2.24) is 0 Å². The van der Waals surface area contributed by atoms with Gasteiger partial charge >= 0.3 is 0 Å². The smallest absolute Gasteiger partial charge is 0.0184 e. The molecule has 2 aromatic rings. The van der Waals surface area contributed by atoms with Gasteiger partial charge in [-0.1, -0.05) is 131 Å². The average Bonchev–Trinajstić information content (AvgIpc) is 2.63. The van der Waals surface area contributed by atoms with Crippen LogP contribution in [0, 0.1) is 0 Å². The SMILES string of the molecule is C.C.CC.CC.CC.CC.c1ccc(-c2ccccc2)cc1. The molecule has 0 amide bonds. The zero-order chi connectivity index (χ0) is 16.2. The summed E-state index contributed by atoms with van der Waals surface area (Å²) in [5, 5.41) is 0. The molecular formula is C22H42. The maximum absolute atomic E-state index is 2.12. The lowest BCUT2D eigenvalue weighted by atomic mass is 10.1. The number of rotatable bonds is 1. The van der Waals surface area contributed by atoms with E-state index in [0.717, 1.165) is 0 Å². The molecule has 0 heterocycles. The van der Waals surface area contributed by atoms with E-state index in [9.17, 15) is 0 Å². The predicted molar refractivity (Wildman–Crippen MR) is 111 cm³/mol. The van der Waals surface area contributed by atoms with Gasteiger partial charge in [0, 0.05) is 0 Å². The van der Waals surface area contributed by atoms with Crippen molar-refractivity contribution >= 4 is 0 Å². The molecule has 130 valence electrons. The van der Waals surface area contributed by atoms with Crippen LogP contribution in [0.3, 0.4) is 0 Å². The van der Waals surface area contributed by atoms with Crippen LogP contribution >= 0.6 is 0 Å². The van der Waals surface area contributed by atoms with Crippen molar-refractivity contribution in [3.05, 3.63) is 60.7 Å². The van der Waals surface area contributed by atoms with Gasteiger partial charge in [0.05, 0.1) is 0 Å². The molecule has 0 aliphatic rings. The van der Waals surface area contributed by atoms with Crippen LogP contribution in [0.1, 0.15) is 70.2 Å². The molecule has 0 unspecified atom stereocenters. The van der Waals surface area contributed by atoms with E-state index in [2.05, 4.69) is 48.5 Å². The molecule has 0 saturated heterocycles. The first-order chi connectivity index (χ1) is 9.97. The second kappa shape index (κ2) is 31.7. The summed E-state index contributed by atoms with van der Waals surface area (Å²) < 4.78 is 0. The molecule has 2 rings (SSSR count). The molecule has 0 aromatic heterocycles. The molecule has 0 aliphatic carbocycles. The molecule has 0 saturated carbocycles. The Hall–Kier alpha value is -1.56. The summed E-state index contributed by atoms with van der Waals surface area (Å²) in [5.74, 6) is 0. The van der Waals surface area contributed by atoms with E-state index in [0.29, 0.717) is 0 Å². The van der Waals surface area contributed by atoms with E-state index in [4.69, 9.17) is 0 Å². The van der Waals surface area contributed by atoms with Crippen molar-refractivity contribution in [3.63, 3.8) is 0 Å². The minimum Gasteiger partial charge on any atom is -0.0776 e. The van der Waals surface area contributed by atoms with Crippen molar-refractivity contribution in [2.45, 2.75) is 70.2 Å². The summed E-state index contributed by atoms with van der Waals surface area (Å²) in [6, 6.07) is 20.8. The van der Waals surface area contributed by atoms with E-state index in [1.165, 1.54) is 11.1 Å². The summed E-state index contributed by atoms with van der Waals surface area (Å²) in [5.41, 5.74) is 2.55. The van der Waals surface area contributed by atoms with Gasteiger partial charge in [-0.05, 0) is 11.1 Å². The lowest BCUT2D eigenvalue weighted by Crippen LogP contribution is -1.73. The third-order valence-electron chi connectivity index (χ3n) is 1.88. The van der Waals surface area contributed by atoms with Crippen LogP contribution < -0.4 is 0 Å². The highest BCUT2D eigenvalue weighted by Gasteiger charge is 1.91. The molecule has 0 heteroatoms. The largest absolute Gasteiger partial charge is 0.0776 e. The normalized spacial score (nSPS) is 6.36. The molecule has 0 fully saturated rings. The summed E-state index contributed by atoms with van der Waals surface area (Å²) >= 11 is 0. The Morgan fingerprint density at radius 3 is 0.727 bits per heavy atom. The van der Waals surface area contributed by atoms with Crippen molar-refractivity contribution < 1.29 is 0 Å². The highest BCUT2D eigenvalue weighted by molar-refractivity contribution is 5.62. The Morgan fingerprint density at radius 2 is 0.545 bits per heavy atom. The monoisotopic (exact) mass is 306 g/mol. The van der Waals surface area contributed by atoms with Gasteiger partial charge in [-0.15, -0.1) is 0 Å². The van der Waals surface area contributed by atoms with Crippen molar-refractivity contribution in [2.24, 2.45) is 0 Å². The van der Waals surface area contributed by atoms with E-state index in [-0.39, 0.29) is 14.9 Å².